The molecule has 0 aliphatic heterocycles. The van der Waals surface area contributed by atoms with Crippen molar-refractivity contribution >= 4 is 5.82 Å². The standard InChI is InChI=1S/C15H16N4O/c1-4-13-18-12(17)7-14(19-13)20-15-9(2)5-11(8-16)6-10(15)3/h5-7H,4H2,1-3H3,(H2,17,18,19). The van der Waals surface area contributed by atoms with E-state index in [1.54, 1.807) is 18.2 Å². The fourth-order valence-electron chi connectivity index (χ4n) is 1.98. The number of hydrogen-bond donors (Lipinski definition) is 1. The van der Waals surface area contributed by atoms with Crippen molar-refractivity contribution < 1.29 is 4.74 Å². The maximum atomic E-state index is 8.94. The van der Waals surface area contributed by atoms with Crippen LogP contribution in [0.1, 0.15) is 29.4 Å². The number of anilines is 1. The summed E-state index contributed by atoms with van der Waals surface area (Å²) in [6.45, 7) is 5.75. The Bertz CT molecular complexity index is 666. The molecule has 0 saturated carbocycles. The molecule has 0 spiro atoms. The van der Waals surface area contributed by atoms with Crippen LogP contribution in [0, 0.1) is 25.2 Å². The molecule has 5 nitrogen and oxygen atoms in total. The van der Waals surface area contributed by atoms with E-state index in [1.165, 1.54) is 0 Å². The minimum atomic E-state index is 0.385. The third-order valence-electron chi connectivity index (χ3n) is 2.88. The van der Waals surface area contributed by atoms with E-state index in [1.807, 2.05) is 20.8 Å². The van der Waals surface area contributed by atoms with E-state index in [0.29, 0.717) is 35.3 Å². The van der Waals surface area contributed by atoms with Gasteiger partial charge in [0.05, 0.1) is 11.6 Å². The topological polar surface area (TPSA) is 84.8 Å². The minimum Gasteiger partial charge on any atom is -0.438 e. The Morgan fingerprint density at radius 1 is 1.20 bits per heavy atom. The van der Waals surface area contributed by atoms with Gasteiger partial charge in [-0.25, -0.2) is 4.98 Å². The number of ether oxygens (including phenoxy) is 1. The Hall–Kier alpha value is -2.61. The number of nitrogens with zero attached hydrogens (tertiary/aromatic N) is 3. The van der Waals surface area contributed by atoms with Gasteiger partial charge in [0.2, 0.25) is 5.88 Å². The highest BCUT2D eigenvalue weighted by Gasteiger charge is 2.10. The fourth-order valence-corrected chi connectivity index (χ4v) is 1.98. The van der Waals surface area contributed by atoms with Crippen LogP contribution < -0.4 is 10.5 Å². The summed E-state index contributed by atoms with van der Waals surface area (Å²) in [5, 5.41) is 8.94. The van der Waals surface area contributed by atoms with Crippen LogP contribution in [0.2, 0.25) is 0 Å². The van der Waals surface area contributed by atoms with Crippen LogP contribution in [0.4, 0.5) is 5.82 Å². The average Bonchev–Trinajstić information content (AvgIpc) is 2.41. The van der Waals surface area contributed by atoms with Crippen LogP contribution in [0.15, 0.2) is 18.2 Å². The summed E-state index contributed by atoms with van der Waals surface area (Å²) in [6.07, 6.45) is 0.687. The first kappa shape index (κ1) is 13.8. The molecule has 0 aliphatic rings. The van der Waals surface area contributed by atoms with Crippen molar-refractivity contribution in [2.75, 3.05) is 5.73 Å². The molecule has 0 radical (unpaired) electrons. The van der Waals surface area contributed by atoms with Gasteiger partial charge in [-0.3, -0.25) is 0 Å². The van der Waals surface area contributed by atoms with E-state index >= 15 is 0 Å². The van der Waals surface area contributed by atoms with Crippen molar-refractivity contribution in [2.45, 2.75) is 27.2 Å². The van der Waals surface area contributed by atoms with Gasteiger partial charge in [0.15, 0.2) is 0 Å². The molecule has 0 unspecified atom stereocenters. The van der Waals surface area contributed by atoms with Crippen LogP contribution in [0.3, 0.4) is 0 Å². The van der Waals surface area contributed by atoms with E-state index in [-0.39, 0.29) is 0 Å². The molecular weight excluding hydrogens is 252 g/mol. The molecule has 0 amide bonds. The van der Waals surface area contributed by atoms with Gasteiger partial charge in [-0.05, 0) is 37.1 Å². The lowest BCUT2D eigenvalue weighted by Gasteiger charge is -2.12. The zero-order valence-electron chi connectivity index (χ0n) is 11.8. The summed E-state index contributed by atoms with van der Waals surface area (Å²) in [6, 6.07) is 7.29. The molecule has 20 heavy (non-hydrogen) atoms. The molecule has 5 heteroatoms. The monoisotopic (exact) mass is 268 g/mol. The predicted octanol–water partition coefficient (Wildman–Crippen LogP) is 2.90. The molecule has 2 aromatic rings. The van der Waals surface area contributed by atoms with Gasteiger partial charge >= 0.3 is 0 Å². The number of aromatic nitrogens is 2. The van der Waals surface area contributed by atoms with Gasteiger partial charge < -0.3 is 10.5 Å². The number of nitrogen functional groups attached to an aromatic ring is 1. The van der Waals surface area contributed by atoms with E-state index < -0.39 is 0 Å². The Morgan fingerprint density at radius 2 is 1.85 bits per heavy atom. The average molecular weight is 268 g/mol. The molecule has 1 heterocycles. The van der Waals surface area contributed by atoms with Crippen LogP contribution in [0.5, 0.6) is 11.6 Å². The smallest absolute Gasteiger partial charge is 0.224 e. The molecule has 0 aliphatic carbocycles. The van der Waals surface area contributed by atoms with E-state index in [0.717, 1.165) is 11.1 Å². The lowest BCUT2D eigenvalue weighted by molar-refractivity contribution is 0.452. The van der Waals surface area contributed by atoms with Crippen LogP contribution in [0.25, 0.3) is 0 Å². The molecule has 2 N–H and O–H groups in total. The molecule has 1 aromatic heterocycles. The first-order chi connectivity index (χ1) is 9.53. The predicted molar refractivity (Wildman–Crippen MR) is 76.5 cm³/mol. The van der Waals surface area contributed by atoms with Crippen LogP contribution >= 0.6 is 0 Å². The van der Waals surface area contributed by atoms with E-state index in [4.69, 9.17) is 15.7 Å². The normalized spacial score (nSPS) is 10.1. The van der Waals surface area contributed by atoms with Gasteiger partial charge in [0.1, 0.15) is 17.4 Å². The van der Waals surface area contributed by atoms with Gasteiger partial charge in [0.25, 0.3) is 0 Å². The first-order valence-electron chi connectivity index (χ1n) is 6.36. The zero-order valence-corrected chi connectivity index (χ0v) is 11.8. The van der Waals surface area contributed by atoms with Crippen LogP contribution in [-0.2, 0) is 6.42 Å². The molecular formula is C15H16N4O. The molecule has 102 valence electrons. The summed E-state index contributed by atoms with van der Waals surface area (Å²) < 4.78 is 5.82. The number of nitriles is 1. The maximum Gasteiger partial charge on any atom is 0.224 e. The molecule has 0 saturated heterocycles. The van der Waals surface area contributed by atoms with Crippen molar-refractivity contribution in [3.8, 4) is 17.7 Å². The first-order valence-corrected chi connectivity index (χ1v) is 6.36. The highest BCUT2D eigenvalue weighted by atomic mass is 16.5. The molecule has 2 rings (SSSR count). The number of benzene rings is 1. The van der Waals surface area contributed by atoms with Crippen LogP contribution in [-0.4, -0.2) is 9.97 Å². The van der Waals surface area contributed by atoms with Crippen molar-refractivity contribution in [1.82, 2.24) is 9.97 Å². The van der Waals surface area contributed by atoms with E-state index in [9.17, 15) is 0 Å². The molecule has 0 atom stereocenters. The highest BCUT2D eigenvalue weighted by molar-refractivity contribution is 5.49. The zero-order chi connectivity index (χ0) is 14.7. The Morgan fingerprint density at radius 3 is 2.40 bits per heavy atom. The summed E-state index contributed by atoms with van der Waals surface area (Å²) >= 11 is 0. The van der Waals surface area contributed by atoms with Crippen molar-refractivity contribution in [1.29, 1.82) is 5.26 Å². The number of aryl methyl sites for hydroxylation is 3. The van der Waals surface area contributed by atoms with Crippen molar-refractivity contribution in [2.24, 2.45) is 0 Å². The van der Waals surface area contributed by atoms with Gasteiger partial charge in [-0.1, -0.05) is 6.92 Å². The number of nitrogens with two attached hydrogens (primary N) is 1. The Balaban J connectivity index is 2.40. The van der Waals surface area contributed by atoms with Gasteiger partial charge in [-0.15, -0.1) is 0 Å². The fraction of sp³-hybridized carbons (Fsp3) is 0.267. The third kappa shape index (κ3) is 2.86. The minimum absolute atomic E-state index is 0.385. The molecule has 0 fully saturated rings. The highest BCUT2D eigenvalue weighted by Crippen LogP contribution is 2.29. The molecule has 1 aromatic carbocycles. The third-order valence-corrected chi connectivity index (χ3v) is 2.88. The maximum absolute atomic E-state index is 8.94. The summed E-state index contributed by atoms with van der Waals surface area (Å²) in [7, 11) is 0. The second kappa shape index (κ2) is 5.57. The quantitative estimate of drug-likeness (QED) is 0.925. The van der Waals surface area contributed by atoms with Crippen molar-refractivity contribution in [3.05, 3.63) is 40.7 Å². The van der Waals surface area contributed by atoms with E-state index in [2.05, 4.69) is 16.0 Å². The number of hydrogen-bond acceptors (Lipinski definition) is 5. The summed E-state index contributed by atoms with van der Waals surface area (Å²) in [5.41, 5.74) is 8.12. The Kier molecular flexibility index (Phi) is 3.85. The Labute approximate surface area is 118 Å². The SMILES string of the molecule is CCc1nc(N)cc(Oc2c(C)cc(C#N)cc2C)n1. The van der Waals surface area contributed by atoms with Crippen molar-refractivity contribution in [3.63, 3.8) is 0 Å². The number of rotatable bonds is 3. The lowest BCUT2D eigenvalue weighted by atomic mass is 10.1. The van der Waals surface area contributed by atoms with Gasteiger partial charge in [-0.2, -0.15) is 10.2 Å². The second-order valence-corrected chi connectivity index (χ2v) is 4.55. The summed E-state index contributed by atoms with van der Waals surface area (Å²) in [5.74, 6) is 2.15. The van der Waals surface area contributed by atoms with Gasteiger partial charge in [0, 0.05) is 12.5 Å². The summed E-state index contributed by atoms with van der Waals surface area (Å²) in [4.78, 5) is 8.40. The largest absolute Gasteiger partial charge is 0.438 e. The second-order valence-electron chi connectivity index (χ2n) is 4.55. The molecule has 0 bridgehead atoms. The lowest BCUT2D eigenvalue weighted by Crippen LogP contribution is -2.01.